The van der Waals surface area contributed by atoms with Gasteiger partial charge in [-0.05, 0) is 54.5 Å². The van der Waals surface area contributed by atoms with Gasteiger partial charge in [-0.15, -0.1) is 0 Å². The molecule has 0 N–H and O–H groups in total. The highest BCUT2D eigenvalue weighted by atomic mass is 16.5. The molecule has 80 valence electrons. The Kier molecular flexibility index (Phi) is 2.81. The highest BCUT2D eigenvalue weighted by Crippen LogP contribution is 2.36. The molecule has 2 rings (SSSR count). The van der Waals surface area contributed by atoms with Crippen LogP contribution in [-0.2, 0) is 6.42 Å². The van der Waals surface area contributed by atoms with E-state index in [4.69, 9.17) is 4.74 Å². The SMILES string of the molecule is C/C=C1\c2ccc(OC)cc2CCC1C. The van der Waals surface area contributed by atoms with Crippen LogP contribution in [0.5, 0.6) is 5.75 Å². The lowest BCUT2D eigenvalue weighted by atomic mass is 9.80. The molecule has 0 fully saturated rings. The van der Waals surface area contributed by atoms with Crippen molar-refractivity contribution >= 4 is 5.57 Å². The first-order valence-corrected chi connectivity index (χ1v) is 5.59. The standard InChI is InChI=1S/C14H18O/c1-4-13-10(2)5-6-11-9-12(15-3)7-8-14(11)13/h4,7-10H,5-6H2,1-3H3/b13-4-. The summed E-state index contributed by atoms with van der Waals surface area (Å²) >= 11 is 0. The number of benzene rings is 1. The largest absolute Gasteiger partial charge is 0.497 e. The molecule has 0 spiro atoms. The predicted octanol–water partition coefficient (Wildman–Crippen LogP) is 3.68. The maximum Gasteiger partial charge on any atom is 0.119 e. The number of ether oxygens (including phenoxy) is 1. The van der Waals surface area contributed by atoms with Gasteiger partial charge >= 0.3 is 0 Å². The minimum atomic E-state index is 0.691. The molecule has 0 saturated heterocycles. The van der Waals surface area contributed by atoms with E-state index < -0.39 is 0 Å². The van der Waals surface area contributed by atoms with Gasteiger partial charge in [0, 0.05) is 0 Å². The van der Waals surface area contributed by atoms with E-state index in [0.717, 1.165) is 5.75 Å². The molecule has 0 radical (unpaired) electrons. The van der Waals surface area contributed by atoms with E-state index in [9.17, 15) is 0 Å². The molecular formula is C14H18O. The Morgan fingerprint density at radius 2 is 2.20 bits per heavy atom. The summed E-state index contributed by atoms with van der Waals surface area (Å²) in [5.41, 5.74) is 4.33. The van der Waals surface area contributed by atoms with Crippen molar-refractivity contribution in [3.05, 3.63) is 35.4 Å². The lowest BCUT2D eigenvalue weighted by molar-refractivity contribution is 0.414. The number of hydrogen-bond acceptors (Lipinski definition) is 1. The molecule has 1 aromatic rings. The first kappa shape index (κ1) is 10.3. The minimum absolute atomic E-state index is 0.691. The fraction of sp³-hybridized carbons (Fsp3) is 0.429. The van der Waals surface area contributed by atoms with Gasteiger partial charge in [-0.25, -0.2) is 0 Å². The van der Waals surface area contributed by atoms with Gasteiger partial charge in [0.2, 0.25) is 0 Å². The van der Waals surface area contributed by atoms with Crippen molar-refractivity contribution in [1.82, 2.24) is 0 Å². The molecule has 1 unspecified atom stereocenters. The third-order valence-corrected chi connectivity index (χ3v) is 3.31. The van der Waals surface area contributed by atoms with Gasteiger partial charge in [-0.2, -0.15) is 0 Å². The van der Waals surface area contributed by atoms with E-state index in [-0.39, 0.29) is 0 Å². The van der Waals surface area contributed by atoms with Crippen LogP contribution < -0.4 is 4.74 Å². The quantitative estimate of drug-likeness (QED) is 0.675. The molecule has 1 atom stereocenters. The zero-order chi connectivity index (χ0) is 10.8. The Labute approximate surface area is 91.8 Å². The number of methoxy groups -OCH3 is 1. The Hall–Kier alpha value is -1.24. The van der Waals surface area contributed by atoms with Crippen molar-refractivity contribution in [3.63, 3.8) is 0 Å². The molecule has 0 saturated carbocycles. The zero-order valence-electron chi connectivity index (χ0n) is 9.71. The zero-order valence-corrected chi connectivity index (χ0v) is 9.71. The molecule has 0 aromatic heterocycles. The van der Waals surface area contributed by atoms with Crippen molar-refractivity contribution in [2.75, 3.05) is 7.11 Å². The van der Waals surface area contributed by atoms with Crippen LogP contribution in [0, 0.1) is 5.92 Å². The first-order chi connectivity index (χ1) is 7.26. The Morgan fingerprint density at radius 3 is 2.87 bits per heavy atom. The van der Waals surface area contributed by atoms with Gasteiger partial charge in [-0.3, -0.25) is 0 Å². The summed E-state index contributed by atoms with van der Waals surface area (Å²) in [4.78, 5) is 0. The number of allylic oxidation sites excluding steroid dienone is 2. The van der Waals surface area contributed by atoms with E-state index in [0.29, 0.717) is 5.92 Å². The lowest BCUT2D eigenvalue weighted by Gasteiger charge is -2.25. The molecule has 1 nitrogen and oxygen atoms in total. The third-order valence-electron chi connectivity index (χ3n) is 3.31. The summed E-state index contributed by atoms with van der Waals surface area (Å²) in [7, 11) is 1.73. The fourth-order valence-electron chi connectivity index (χ4n) is 2.42. The van der Waals surface area contributed by atoms with Crippen LogP contribution in [0.2, 0.25) is 0 Å². The molecule has 0 heterocycles. The average molecular weight is 202 g/mol. The van der Waals surface area contributed by atoms with E-state index in [1.165, 1.54) is 29.5 Å². The normalized spacial score (nSPS) is 22.6. The van der Waals surface area contributed by atoms with Crippen molar-refractivity contribution in [2.24, 2.45) is 5.92 Å². The van der Waals surface area contributed by atoms with Gasteiger partial charge in [0.25, 0.3) is 0 Å². The average Bonchev–Trinajstić information content (AvgIpc) is 2.28. The van der Waals surface area contributed by atoms with E-state index >= 15 is 0 Å². The molecular weight excluding hydrogens is 184 g/mol. The van der Waals surface area contributed by atoms with E-state index in [1.54, 1.807) is 7.11 Å². The van der Waals surface area contributed by atoms with Crippen molar-refractivity contribution in [1.29, 1.82) is 0 Å². The molecule has 0 bridgehead atoms. The summed E-state index contributed by atoms with van der Waals surface area (Å²) in [6.45, 7) is 4.44. The summed E-state index contributed by atoms with van der Waals surface area (Å²) < 4.78 is 5.26. The molecule has 15 heavy (non-hydrogen) atoms. The summed E-state index contributed by atoms with van der Waals surface area (Å²) in [6.07, 6.45) is 4.67. The van der Waals surface area contributed by atoms with E-state index in [1.807, 2.05) is 0 Å². The minimum Gasteiger partial charge on any atom is -0.497 e. The highest BCUT2D eigenvalue weighted by Gasteiger charge is 2.19. The van der Waals surface area contributed by atoms with Crippen LogP contribution in [0.25, 0.3) is 5.57 Å². The Balaban J connectivity index is 2.47. The molecule has 1 heteroatoms. The topological polar surface area (TPSA) is 9.23 Å². The van der Waals surface area contributed by atoms with Gasteiger partial charge in [0.05, 0.1) is 7.11 Å². The van der Waals surface area contributed by atoms with Crippen molar-refractivity contribution in [2.45, 2.75) is 26.7 Å². The fourth-order valence-corrected chi connectivity index (χ4v) is 2.42. The second-order valence-electron chi connectivity index (χ2n) is 4.21. The second kappa shape index (κ2) is 4.09. The summed E-state index contributed by atoms with van der Waals surface area (Å²) in [5.74, 6) is 1.66. The van der Waals surface area contributed by atoms with Crippen LogP contribution in [0.15, 0.2) is 24.3 Å². The van der Waals surface area contributed by atoms with Gasteiger partial charge in [0.15, 0.2) is 0 Å². The first-order valence-electron chi connectivity index (χ1n) is 5.59. The predicted molar refractivity (Wildman–Crippen MR) is 64.1 cm³/mol. The van der Waals surface area contributed by atoms with Crippen molar-refractivity contribution < 1.29 is 4.74 Å². The van der Waals surface area contributed by atoms with Gasteiger partial charge in [-0.1, -0.05) is 19.1 Å². The number of fused-ring (bicyclic) bond motifs is 1. The Morgan fingerprint density at radius 1 is 1.40 bits per heavy atom. The summed E-state index contributed by atoms with van der Waals surface area (Å²) in [5, 5.41) is 0. The van der Waals surface area contributed by atoms with Gasteiger partial charge < -0.3 is 4.74 Å². The van der Waals surface area contributed by atoms with Crippen LogP contribution >= 0.6 is 0 Å². The van der Waals surface area contributed by atoms with E-state index in [2.05, 4.69) is 38.1 Å². The van der Waals surface area contributed by atoms with Crippen LogP contribution in [0.1, 0.15) is 31.4 Å². The molecule has 0 aliphatic heterocycles. The van der Waals surface area contributed by atoms with Crippen LogP contribution in [0.3, 0.4) is 0 Å². The maximum atomic E-state index is 5.26. The van der Waals surface area contributed by atoms with Crippen LogP contribution in [-0.4, -0.2) is 7.11 Å². The maximum absolute atomic E-state index is 5.26. The monoisotopic (exact) mass is 202 g/mol. The Bertz CT molecular complexity index is 390. The third kappa shape index (κ3) is 1.79. The molecule has 1 aliphatic rings. The lowest BCUT2D eigenvalue weighted by Crippen LogP contribution is -2.10. The summed E-state index contributed by atoms with van der Waals surface area (Å²) in [6, 6.07) is 6.42. The van der Waals surface area contributed by atoms with Gasteiger partial charge in [0.1, 0.15) is 5.75 Å². The van der Waals surface area contributed by atoms with Crippen LogP contribution in [0.4, 0.5) is 0 Å². The second-order valence-corrected chi connectivity index (χ2v) is 4.21. The van der Waals surface area contributed by atoms with Crippen molar-refractivity contribution in [3.8, 4) is 5.75 Å². The highest BCUT2D eigenvalue weighted by molar-refractivity contribution is 5.71. The molecule has 1 aromatic carbocycles. The number of hydrogen-bond donors (Lipinski definition) is 0. The molecule has 1 aliphatic carbocycles. The number of aryl methyl sites for hydroxylation is 1. The smallest absolute Gasteiger partial charge is 0.119 e. The number of rotatable bonds is 1. The molecule has 0 amide bonds.